The predicted molar refractivity (Wildman–Crippen MR) is 88.5 cm³/mol. The van der Waals surface area contributed by atoms with Crippen LogP contribution in [0.25, 0.3) is 0 Å². The van der Waals surface area contributed by atoms with Crippen molar-refractivity contribution in [2.24, 2.45) is 0 Å². The van der Waals surface area contributed by atoms with E-state index in [1.165, 1.54) is 16.4 Å². The maximum atomic E-state index is 12.4. The fraction of sp³-hybridized carbons (Fsp3) is 0.353. The molecule has 1 aliphatic rings. The summed E-state index contributed by atoms with van der Waals surface area (Å²) in [5.41, 5.74) is 1.66. The van der Waals surface area contributed by atoms with Crippen LogP contribution in [-0.2, 0) is 11.3 Å². The van der Waals surface area contributed by atoms with E-state index in [2.05, 4.69) is 22.1 Å². The zero-order chi connectivity index (χ0) is 16.2. The summed E-state index contributed by atoms with van der Waals surface area (Å²) in [7, 11) is 0. The number of aromatic nitrogens is 2. The molecule has 1 aromatic carbocycles. The highest BCUT2D eigenvalue weighted by Gasteiger charge is 2.21. The second kappa shape index (κ2) is 6.64. The lowest BCUT2D eigenvalue weighted by Crippen LogP contribution is -2.50. The van der Waals surface area contributed by atoms with Crippen LogP contribution in [0.3, 0.4) is 0 Å². The van der Waals surface area contributed by atoms with Gasteiger partial charge in [-0.3, -0.25) is 9.59 Å². The van der Waals surface area contributed by atoms with E-state index in [0.29, 0.717) is 13.1 Å². The van der Waals surface area contributed by atoms with Gasteiger partial charge in [0.25, 0.3) is 5.56 Å². The molecule has 120 valence electrons. The van der Waals surface area contributed by atoms with Gasteiger partial charge in [-0.2, -0.15) is 5.10 Å². The minimum Gasteiger partial charge on any atom is -0.368 e. The van der Waals surface area contributed by atoms with Crippen molar-refractivity contribution < 1.29 is 4.79 Å². The van der Waals surface area contributed by atoms with E-state index in [0.717, 1.165) is 18.8 Å². The van der Waals surface area contributed by atoms with E-state index < -0.39 is 0 Å². The molecule has 0 bridgehead atoms. The molecule has 0 radical (unpaired) electrons. The monoisotopic (exact) mass is 312 g/mol. The minimum atomic E-state index is -0.244. The molecule has 0 aliphatic carbocycles. The number of nitrogens with zero attached hydrogens (tertiary/aromatic N) is 4. The highest BCUT2D eigenvalue weighted by Crippen LogP contribution is 2.15. The Hall–Kier alpha value is -2.63. The van der Waals surface area contributed by atoms with Crippen molar-refractivity contribution in [3.05, 3.63) is 58.5 Å². The Bertz CT molecular complexity index is 734. The first-order chi connectivity index (χ1) is 11.1. The normalized spacial score (nSPS) is 14.8. The standard InChI is InChI=1S/C17H20N4O2/c1-14-7-8-16(22)21(18-14)13-17(23)20-11-9-19(10-12-20)15-5-3-2-4-6-15/h2-8H,9-13H2,1H3. The second-order valence-electron chi connectivity index (χ2n) is 5.67. The Kier molecular flexibility index (Phi) is 4.41. The van der Waals surface area contributed by atoms with Crippen molar-refractivity contribution in [1.82, 2.24) is 14.7 Å². The van der Waals surface area contributed by atoms with Gasteiger partial charge in [0.05, 0.1) is 5.69 Å². The number of amides is 1. The molecule has 6 nitrogen and oxygen atoms in total. The summed E-state index contributed by atoms with van der Waals surface area (Å²) in [6, 6.07) is 13.3. The van der Waals surface area contributed by atoms with Gasteiger partial charge in [-0.05, 0) is 25.1 Å². The number of piperazine rings is 1. The molecule has 3 rings (SSSR count). The number of para-hydroxylation sites is 1. The molecule has 23 heavy (non-hydrogen) atoms. The molecule has 0 saturated carbocycles. The Morgan fingerprint density at radius 1 is 1.04 bits per heavy atom. The van der Waals surface area contributed by atoms with Gasteiger partial charge in [-0.1, -0.05) is 18.2 Å². The molecular formula is C17H20N4O2. The summed E-state index contributed by atoms with van der Waals surface area (Å²) < 4.78 is 1.24. The molecule has 1 aliphatic heterocycles. The van der Waals surface area contributed by atoms with Gasteiger partial charge in [-0.15, -0.1) is 0 Å². The summed E-state index contributed by atoms with van der Waals surface area (Å²) in [6.45, 7) is 4.73. The van der Waals surface area contributed by atoms with E-state index in [1.807, 2.05) is 18.2 Å². The van der Waals surface area contributed by atoms with Crippen LogP contribution >= 0.6 is 0 Å². The average Bonchev–Trinajstić information content (AvgIpc) is 2.59. The van der Waals surface area contributed by atoms with Gasteiger partial charge in [-0.25, -0.2) is 4.68 Å². The topological polar surface area (TPSA) is 58.4 Å². The van der Waals surface area contributed by atoms with Crippen molar-refractivity contribution in [2.75, 3.05) is 31.1 Å². The van der Waals surface area contributed by atoms with Gasteiger partial charge in [0.1, 0.15) is 6.54 Å². The number of anilines is 1. The van der Waals surface area contributed by atoms with Crippen LogP contribution in [0.15, 0.2) is 47.3 Å². The lowest BCUT2D eigenvalue weighted by molar-refractivity contribution is -0.132. The molecule has 1 fully saturated rings. The average molecular weight is 312 g/mol. The van der Waals surface area contributed by atoms with E-state index in [1.54, 1.807) is 17.9 Å². The molecule has 0 unspecified atom stereocenters. The SMILES string of the molecule is Cc1ccc(=O)n(CC(=O)N2CCN(c3ccccc3)CC2)n1. The maximum absolute atomic E-state index is 12.4. The molecule has 6 heteroatoms. The summed E-state index contributed by atoms with van der Waals surface area (Å²) >= 11 is 0. The van der Waals surface area contributed by atoms with Crippen molar-refractivity contribution in [3.8, 4) is 0 Å². The van der Waals surface area contributed by atoms with Gasteiger partial charge in [0.2, 0.25) is 5.91 Å². The smallest absolute Gasteiger partial charge is 0.267 e. The third kappa shape index (κ3) is 3.59. The van der Waals surface area contributed by atoms with Crippen LogP contribution < -0.4 is 10.5 Å². The lowest BCUT2D eigenvalue weighted by atomic mass is 10.2. The van der Waals surface area contributed by atoms with Crippen molar-refractivity contribution in [2.45, 2.75) is 13.5 Å². The molecule has 1 amide bonds. The van der Waals surface area contributed by atoms with Gasteiger partial charge >= 0.3 is 0 Å². The number of hydrogen-bond acceptors (Lipinski definition) is 4. The quantitative estimate of drug-likeness (QED) is 0.845. The molecule has 1 saturated heterocycles. The van der Waals surface area contributed by atoms with Crippen LogP contribution in [0.5, 0.6) is 0 Å². The fourth-order valence-corrected chi connectivity index (χ4v) is 2.75. The van der Waals surface area contributed by atoms with Crippen molar-refractivity contribution >= 4 is 11.6 Å². The first-order valence-electron chi connectivity index (χ1n) is 7.76. The summed E-state index contributed by atoms with van der Waals surface area (Å²) in [5, 5.41) is 4.12. The van der Waals surface area contributed by atoms with Gasteiger partial charge in [0.15, 0.2) is 0 Å². The Morgan fingerprint density at radius 3 is 2.43 bits per heavy atom. The molecule has 0 atom stereocenters. The highest BCUT2D eigenvalue weighted by molar-refractivity contribution is 5.76. The Labute approximate surface area is 134 Å². The molecular weight excluding hydrogens is 292 g/mol. The first kappa shape index (κ1) is 15.3. The summed E-state index contributed by atoms with van der Waals surface area (Å²) in [6.07, 6.45) is 0. The minimum absolute atomic E-state index is 0.00580. The van der Waals surface area contributed by atoms with E-state index in [4.69, 9.17) is 0 Å². The summed E-state index contributed by atoms with van der Waals surface area (Å²) in [5.74, 6) is -0.0575. The number of aryl methyl sites for hydroxylation is 1. The van der Waals surface area contributed by atoms with Crippen LogP contribution in [-0.4, -0.2) is 46.8 Å². The Balaban J connectivity index is 1.60. The Morgan fingerprint density at radius 2 is 1.74 bits per heavy atom. The number of carbonyl (C=O) groups excluding carboxylic acids is 1. The van der Waals surface area contributed by atoms with Crippen LogP contribution in [0, 0.1) is 6.92 Å². The van der Waals surface area contributed by atoms with Gasteiger partial charge in [0, 0.05) is 37.9 Å². The number of hydrogen-bond donors (Lipinski definition) is 0. The number of carbonyl (C=O) groups is 1. The van der Waals surface area contributed by atoms with Crippen LogP contribution in [0.4, 0.5) is 5.69 Å². The van der Waals surface area contributed by atoms with Crippen molar-refractivity contribution in [3.63, 3.8) is 0 Å². The van der Waals surface area contributed by atoms with E-state index in [9.17, 15) is 9.59 Å². The maximum Gasteiger partial charge on any atom is 0.267 e. The number of benzene rings is 1. The zero-order valence-corrected chi connectivity index (χ0v) is 13.2. The van der Waals surface area contributed by atoms with Crippen LogP contribution in [0.1, 0.15) is 5.69 Å². The third-order valence-electron chi connectivity index (χ3n) is 4.04. The molecule has 0 N–H and O–H groups in total. The second-order valence-corrected chi connectivity index (χ2v) is 5.67. The number of rotatable bonds is 3. The third-order valence-corrected chi connectivity index (χ3v) is 4.04. The molecule has 2 aromatic rings. The van der Waals surface area contributed by atoms with E-state index in [-0.39, 0.29) is 18.0 Å². The first-order valence-corrected chi connectivity index (χ1v) is 7.76. The van der Waals surface area contributed by atoms with Gasteiger partial charge < -0.3 is 9.80 Å². The lowest BCUT2D eigenvalue weighted by Gasteiger charge is -2.36. The van der Waals surface area contributed by atoms with E-state index >= 15 is 0 Å². The van der Waals surface area contributed by atoms with Crippen molar-refractivity contribution in [1.29, 1.82) is 0 Å². The molecule has 1 aromatic heterocycles. The zero-order valence-electron chi connectivity index (χ0n) is 13.2. The highest BCUT2D eigenvalue weighted by atomic mass is 16.2. The molecule has 0 spiro atoms. The largest absolute Gasteiger partial charge is 0.368 e. The fourth-order valence-electron chi connectivity index (χ4n) is 2.75. The molecule has 2 heterocycles. The van der Waals surface area contributed by atoms with Crippen LogP contribution in [0.2, 0.25) is 0 Å². The predicted octanol–water partition coefficient (Wildman–Crippen LogP) is 0.901. The summed E-state index contributed by atoms with van der Waals surface area (Å²) in [4.78, 5) is 28.2.